The Bertz CT molecular complexity index is 491. The highest BCUT2D eigenvalue weighted by Gasteiger charge is 2.27. The SMILES string of the molecule is CC(C)N1CCN(C(=O)c2c(F)cc(Br)cc2F)CC1. The lowest BCUT2D eigenvalue weighted by Gasteiger charge is -2.37. The predicted molar refractivity (Wildman–Crippen MR) is 76.7 cm³/mol. The van der Waals surface area contributed by atoms with Crippen LogP contribution in [0.5, 0.6) is 0 Å². The molecule has 0 radical (unpaired) electrons. The monoisotopic (exact) mass is 346 g/mol. The van der Waals surface area contributed by atoms with Crippen molar-refractivity contribution in [3.05, 3.63) is 33.8 Å². The topological polar surface area (TPSA) is 23.6 Å². The van der Waals surface area contributed by atoms with Crippen LogP contribution in [0.4, 0.5) is 8.78 Å². The highest BCUT2D eigenvalue weighted by atomic mass is 79.9. The molecule has 0 atom stereocenters. The van der Waals surface area contributed by atoms with E-state index in [0.717, 1.165) is 25.2 Å². The van der Waals surface area contributed by atoms with Crippen LogP contribution in [0, 0.1) is 11.6 Å². The molecule has 1 amide bonds. The third kappa shape index (κ3) is 3.17. The Morgan fingerprint density at radius 3 is 2.10 bits per heavy atom. The van der Waals surface area contributed by atoms with E-state index in [-0.39, 0.29) is 4.47 Å². The van der Waals surface area contributed by atoms with Gasteiger partial charge in [-0.25, -0.2) is 8.78 Å². The first kappa shape index (κ1) is 15.4. The second kappa shape index (κ2) is 6.18. The van der Waals surface area contributed by atoms with Crippen molar-refractivity contribution >= 4 is 21.8 Å². The maximum Gasteiger partial charge on any atom is 0.259 e. The Morgan fingerprint density at radius 1 is 1.15 bits per heavy atom. The Morgan fingerprint density at radius 2 is 1.65 bits per heavy atom. The predicted octanol–water partition coefficient (Wildman–Crippen LogP) is 2.89. The van der Waals surface area contributed by atoms with Gasteiger partial charge >= 0.3 is 0 Å². The Balaban J connectivity index is 2.14. The zero-order chi connectivity index (χ0) is 14.9. The van der Waals surface area contributed by atoms with Crippen molar-refractivity contribution in [1.82, 2.24) is 9.80 Å². The zero-order valence-electron chi connectivity index (χ0n) is 11.5. The summed E-state index contributed by atoms with van der Waals surface area (Å²) in [5.41, 5.74) is -0.466. The maximum atomic E-state index is 13.8. The fraction of sp³-hybridized carbons (Fsp3) is 0.500. The van der Waals surface area contributed by atoms with E-state index in [0.29, 0.717) is 19.1 Å². The molecule has 1 aliphatic heterocycles. The molecule has 110 valence electrons. The number of benzene rings is 1. The standard InChI is InChI=1S/C14H17BrF2N2O/c1-9(2)18-3-5-19(6-4-18)14(20)13-11(16)7-10(15)8-12(13)17/h7-9H,3-6H2,1-2H3. The van der Waals surface area contributed by atoms with Crippen molar-refractivity contribution in [3.8, 4) is 0 Å². The van der Waals surface area contributed by atoms with Crippen LogP contribution in [0.15, 0.2) is 16.6 Å². The Kier molecular flexibility index (Phi) is 4.75. The van der Waals surface area contributed by atoms with Crippen molar-refractivity contribution in [2.24, 2.45) is 0 Å². The van der Waals surface area contributed by atoms with Gasteiger partial charge in [0, 0.05) is 36.7 Å². The molecule has 0 bridgehead atoms. The minimum absolute atomic E-state index is 0.286. The molecule has 0 aromatic heterocycles. The summed E-state index contributed by atoms with van der Waals surface area (Å²) < 4.78 is 27.9. The largest absolute Gasteiger partial charge is 0.336 e. The van der Waals surface area contributed by atoms with E-state index in [1.54, 1.807) is 0 Å². The summed E-state index contributed by atoms with van der Waals surface area (Å²) in [5, 5.41) is 0. The van der Waals surface area contributed by atoms with Gasteiger partial charge in [-0.2, -0.15) is 0 Å². The summed E-state index contributed by atoms with van der Waals surface area (Å²) in [4.78, 5) is 16.0. The number of amides is 1. The molecule has 3 nitrogen and oxygen atoms in total. The smallest absolute Gasteiger partial charge is 0.259 e. The fourth-order valence-electron chi connectivity index (χ4n) is 2.35. The Labute approximate surface area is 125 Å². The summed E-state index contributed by atoms with van der Waals surface area (Å²) in [6, 6.07) is 2.63. The molecule has 2 rings (SSSR count). The number of carbonyl (C=O) groups excluding carboxylic acids is 1. The summed E-state index contributed by atoms with van der Waals surface area (Å²) in [7, 11) is 0. The highest BCUT2D eigenvalue weighted by molar-refractivity contribution is 9.10. The quantitative estimate of drug-likeness (QED) is 0.821. The van der Waals surface area contributed by atoms with Crippen LogP contribution in [0.2, 0.25) is 0 Å². The first-order chi connectivity index (χ1) is 9.40. The molecule has 1 saturated heterocycles. The van der Waals surface area contributed by atoms with E-state index < -0.39 is 23.1 Å². The van der Waals surface area contributed by atoms with Gasteiger partial charge in [-0.1, -0.05) is 15.9 Å². The van der Waals surface area contributed by atoms with Crippen molar-refractivity contribution < 1.29 is 13.6 Å². The second-order valence-corrected chi connectivity index (χ2v) is 6.08. The molecule has 1 heterocycles. The average molecular weight is 347 g/mol. The van der Waals surface area contributed by atoms with Gasteiger partial charge < -0.3 is 4.90 Å². The lowest BCUT2D eigenvalue weighted by molar-refractivity contribution is 0.0586. The Hall–Kier alpha value is -1.01. The fourth-order valence-corrected chi connectivity index (χ4v) is 2.75. The van der Waals surface area contributed by atoms with Gasteiger partial charge in [-0.15, -0.1) is 0 Å². The van der Waals surface area contributed by atoms with Crippen LogP contribution in [0.1, 0.15) is 24.2 Å². The van der Waals surface area contributed by atoms with E-state index >= 15 is 0 Å². The first-order valence-electron chi connectivity index (χ1n) is 6.58. The minimum Gasteiger partial charge on any atom is -0.336 e. The minimum atomic E-state index is -0.826. The molecule has 6 heteroatoms. The number of nitrogens with zero attached hydrogens (tertiary/aromatic N) is 2. The summed E-state index contributed by atoms with van der Waals surface area (Å²) >= 11 is 3.00. The highest BCUT2D eigenvalue weighted by Crippen LogP contribution is 2.21. The van der Waals surface area contributed by atoms with Crippen LogP contribution >= 0.6 is 15.9 Å². The van der Waals surface area contributed by atoms with Crippen molar-refractivity contribution in [2.45, 2.75) is 19.9 Å². The van der Waals surface area contributed by atoms with E-state index in [1.807, 2.05) is 0 Å². The normalized spacial score (nSPS) is 16.8. The number of hydrogen-bond donors (Lipinski definition) is 0. The van der Waals surface area contributed by atoms with Gasteiger partial charge in [0.15, 0.2) is 0 Å². The third-order valence-corrected chi connectivity index (χ3v) is 4.01. The number of piperazine rings is 1. The summed E-state index contributed by atoms with van der Waals surface area (Å²) in [6.07, 6.45) is 0. The average Bonchev–Trinajstić information content (AvgIpc) is 2.37. The van der Waals surface area contributed by atoms with Crippen molar-refractivity contribution in [1.29, 1.82) is 0 Å². The van der Waals surface area contributed by atoms with Gasteiger partial charge in [0.25, 0.3) is 5.91 Å². The van der Waals surface area contributed by atoms with Gasteiger partial charge in [-0.3, -0.25) is 9.69 Å². The zero-order valence-corrected chi connectivity index (χ0v) is 13.1. The van der Waals surface area contributed by atoms with Crippen molar-refractivity contribution in [2.75, 3.05) is 26.2 Å². The van der Waals surface area contributed by atoms with E-state index in [9.17, 15) is 13.6 Å². The lowest BCUT2D eigenvalue weighted by atomic mass is 10.1. The van der Waals surface area contributed by atoms with Crippen molar-refractivity contribution in [3.63, 3.8) is 0 Å². The molecule has 0 unspecified atom stereocenters. The van der Waals surface area contributed by atoms with Crippen LogP contribution < -0.4 is 0 Å². The summed E-state index contributed by atoms with van der Waals surface area (Å²) in [6.45, 7) is 6.61. The number of rotatable bonds is 2. The molecule has 1 fully saturated rings. The van der Waals surface area contributed by atoms with Crippen LogP contribution in [0.25, 0.3) is 0 Å². The van der Waals surface area contributed by atoms with Gasteiger partial charge in [-0.05, 0) is 26.0 Å². The van der Waals surface area contributed by atoms with E-state index in [4.69, 9.17) is 0 Å². The molecular weight excluding hydrogens is 330 g/mol. The second-order valence-electron chi connectivity index (χ2n) is 5.17. The number of hydrogen-bond acceptors (Lipinski definition) is 2. The molecule has 1 aromatic carbocycles. The van der Waals surface area contributed by atoms with Gasteiger partial charge in [0.1, 0.15) is 17.2 Å². The molecule has 20 heavy (non-hydrogen) atoms. The molecule has 0 aliphatic carbocycles. The van der Waals surface area contributed by atoms with Gasteiger partial charge in [0.05, 0.1) is 0 Å². The van der Waals surface area contributed by atoms with E-state index in [2.05, 4.69) is 34.7 Å². The van der Waals surface area contributed by atoms with Crippen LogP contribution in [-0.4, -0.2) is 47.9 Å². The molecule has 0 spiro atoms. The third-order valence-electron chi connectivity index (χ3n) is 3.55. The first-order valence-corrected chi connectivity index (χ1v) is 7.37. The van der Waals surface area contributed by atoms with Gasteiger partial charge in [0.2, 0.25) is 0 Å². The molecule has 0 saturated carbocycles. The molecular formula is C14H17BrF2N2O. The maximum absolute atomic E-state index is 13.8. The van der Waals surface area contributed by atoms with E-state index in [1.165, 1.54) is 4.90 Å². The van der Waals surface area contributed by atoms with Crippen LogP contribution in [0.3, 0.4) is 0 Å². The summed E-state index contributed by atoms with van der Waals surface area (Å²) in [5.74, 6) is -2.22. The molecule has 1 aliphatic rings. The number of halogens is 3. The molecule has 1 aromatic rings. The molecule has 0 N–H and O–H groups in total. The number of carbonyl (C=O) groups is 1. The van der Waals surface area contributed by atoms with Crippen LogP contribution in [-0.2, 0) is 0 Å². The lowest BCUT2D eigenvalue weighted by Crippen LogP contribution is -2.51.